The monoisotopic (exact) mass is 286 g/mol. The van der Waals surface area contributed by atoms with Gasteiger partial charge in [-0.25, -0.2) is 0 Å². The molecular formula is C13H22N2OS2. The smallest absolute Gasteiger partial charge is 0.223 e. The molecule has 5 heteroatoms. The fourth-order valence-corrected chi connectivity index (χ4v) is 6.16. The molecule has 4 atom stereocenters. The van der Waals surface area contributed by atoms with Gasteiger partial charge in [0.1, 0.15) is 0 Å². The zero-order chi connectivity index (χ0) is 12.5. The second-order valence-corrected chi connectivity index (χ2v) is 8.29. The molecule has 1 amide bonds. The molecule has 3 aliphatic rings. The van der Waals surface area contributed by atoms with Gasteiger partial charge in [0.2, 0.25) is 5.91 Å². The summed E-state index contributed by atoms with van der Waals surface area (Å²) in [5.41, 5.74) is 6.12. The predicted octanol–water partition coefficient (Wildman–Crippen LogP) is 1.42. The molecule has 2 heterocycles. The molecule has 3 fully saturated rings. The SMILES string of the molecule is NC1CCC2CN(C(=O)CC3CSCCS3)CC12. The Morgan fingerprint density at radius 3 is 2.89 bits per heavy atom. The van der Waals surface area contributed by atoms with Gasteiger partial charge in [-0.05, 0) is 24.7 Å². The van der Waals surface area contributed by atoms with Gasteiger partial charge in [-0.1, -0.05) is 0 Å². The Morgan fingerprint density at radius 1 is 1.28 bits per heavy atom. The number of hydrogen-bond acceptors (Lipinski definition) is 4. The first-order valence-corrected chi connectivity index (χ1v) is 9.17. The van der Waals surface area contributed by atoms with Crippen LogP contribution in [0.2, 0.25) is 0 Å². The number of nitrogens with zero attached hydrogens (tertiary/aromatic N) is 1. The van der Waals surface area contributed by atoms with Crippen molar-refractivity contribution in [2.75, 3.05) is 30.3 Å². The molecule has 2 saturated heterocycles. The van der Waals surface area contributed by atoms with Crippen molar-refractivity contribution in [2.24, 2.45) is 17.6 Å². The third kappa shape index (κ3) is 2.68. The summed E-state index contributed by atoms with van der Waals surface area (Å²) in [4.78, 5) is 14.4. The highest BCUT2D eigenvalue weighted by atomic mass is 32.2. The summed E-state index contributed by atoms with van der Waals surface area (Å²) in [6.45, 7) is 1.90. The fraction of sp³-hybridized carbons (Fsp3) is 0.923. The lowest BCUT2D eigenvalue weighted by Crippen LogP contribution is -2.35. The van der Waals surface area contributed by atoms with Crippen molar-refractivity contribution < 1.29 is 4.79 Å². The minimum Gasteiger partial charge on any atom is -0.342 e. The molecule has 18 heavy (non-hydrogen) atoms. The maximum absolute atomic E-state index is 12.3. The Bertz CT molecular complexity index is 320. The van der Waals surface area contributed by atoms with E-state index < -0.39 is 0 Å². The number of fused-ring (bicyclic) bond motifs is 1. The lowest BCUT2D eigenvalue weighted by molar-refractivity contribution is -0.130. The first-order valence-electron chi connectivity index (χ1n) is 6.96. The second-order valence-electron chi connectivity index (χ2n) is 5.74. The summed E-state index contributed by atoms with van der Waals surface area (Å²) in [7, 11) is 0. The molecule has 0 bridgehead atoms. The van der Waals surface area contributed by atoms with Gasteiger partial charge in [-0.2, -0.15) is 23.5 Å². The first kappa shape index (κ1) is 13.1. The molecule has 4 unspecified atom stereocenters. The van der Waals surface area contributed by atoms with Crippen LogP contribution in [0.3, 0.4) is 0 Å². The average Bonchev–Trinajstić information content (AvgIpc) is 2.93. The van der Waals surface area contributed by atoms with Gasteiger partial charge in [0.05, 0.1) is 0 Å². The number of carbonyl (C=O) groups is 1. The summed E-state index contributed by atoms with van der Waals surface area (Å²) in [5, 5.41) is 0.547. The quantitative estimate of drug-likeness (QED) is 0.834. The van der Waals surface area contributed by atoms with Crippen LogP contribution in [0.25, 0.3) is 0 Å². The van der Waals surface area contributed by atoms with E-state index in [1.165, 1.54) is 17.9 Å². The van der Waals surface area contributed by atoms with Crippen LogP contribution >= 0.6 is 23.5 Å². The van der Waals surface area contributed by atoms with Gasteiger partial charge >= 0.3 is 0 Å². The first-order chi connectivity index (χ1) is 8.74. The highest BCUT2D eigenvalue weighted by Gasteiger charge is 2.42. The van der Waals surface area contributed by atoms with E-state index in [-0.39, 0.29) is 0 Å². The molecular weight excluding hydrogens is 264 g/mol. The van der Waals surface area contributed by atoms with E-state index in [0.29, 0.717) is 29.0 Å². The lowest BCUT2D eigenvalue weighted by Gasteiger charge is -2.24. The Kier molecular flexibility index (Phi) is 4.11. The van der Waals surface area contributed by atoms with Crippen LogP contribution in [0.4, 0.5) is 0 Å². The minimum absolute atomic E-state index is 0.340. The number of rotatable bonds is 2. The number of carbonyl (C=O) groups excluding carboxylic acids is 1. The van der Waals surface area contributed by atoms with Crippen LogP contribution in [0.15, 0.2) is 0 Å². The van der Waals surface area contributed by atoms with Gasteiger partial charge in [-0.15, -0.1) is 0 Å². The normalized spacial score (nSPS) is 39.9. The fourth-order valence-electron chi connectivity index (χ4n) is 3.49. The maximum atomic E-state index is 12.3. The molecule has 1 aliphatic carbocycles. The average molecular weight is 286 g/mol. The van der Waals surface area contributed by atoms with E-state index in [4.69, 9.17) is 5.73 Å². The van der Waals surface area contributed by atoms with Gasteiger partial charge in [0, 0.05) is 48.1 Å². The highest BCUT2D eigenvalue weighted by Crippen LogP contribution is 2.37. The maximum Gasteiger partial charge on any atom is 0.223 e. The van der Waals surface area contributed by atoms with Crippen molar-refractivity contribution >= 4 is 29.4 Å². The minimum atomic E-state index is 0.340. The summed E-state index contributed by atoms with van der Waals surface area (Å²) >= 11 is 3.97. The van der Waals surface area contributed by atoms with Crippen LogP contribution in [-0.2, 0) is 4.79 Å². The predicted molar refractivity (Wildman–Crippen MR) is 79.0 cm³/mol. The van der Waals surface area contributed by atoms with E-state index in [1.54, 1.807) is 0 Å². The number of amides is 1. The topological polar surface area (TPSA) is 46.3 Å². The molecule has 2 aliphatic heterocycles. The van der Waals surface area contributed by atoms with Crippen LogP contribution in [0.5, 0.6) is 0 Å². The number of likely N-dealkylation sites (tertiary alicyclic amines) is 1. The molecule has 3 nitrogen and oxygen atoms in total. The van der Waals surface area contributed by atoms with Crippen molar-refractivity contribution in [1.82, 2.24) is 4.90 Å². The van der Waals surface area contributed by atoms with Crippen molar-refractivity contribution in [3.05, 3.63) is 0 Å². The summed E-state index contributed by atoms with van der Waals surface area (Å²) in [6.07, 6.45) is 3.13. The molecule has 1 saturated carbocycles. The second kappa shape index (κ2) is 5.63. The zero-order valence-corrected chi connectivity index (χ0v) is 12.3. The summed E-state index contributed by atoms with van der Waals surface area (Å²) in [5.74, 6) is 5.25. The van der Waals surface area contributed by atoms with Crippen LogP contribution < -0.4 is 5.73 Å². The third-order valence-electron chi connectivity index (χ3n) is 4.55. The van der Waals surface area contributed by atoms with E-state index in [0.717, 1.165) is 31.7 Å². The van der Waals surface area contributed by atoms with Crippen molar-refractivity contribution in [1.29, 1.82) is 0 Å². The van der Waals surface area contributed by atoms with Crippen molar-refractivity contribution in [3.8, 4) is 0 Å². The van der Waals surface area contributed by atoms with Gasteiger partial charge in [0.25, 0.3) is 0 Å². The van der Waals surface area contributed by atoms with E-state index in [9.17, 15) is 4.79 Å². The van der Waals surface area contributed by atoms with Crippen LogP contribution in [-0.4, -0.2) is 52.4 Å². The third-order valence-corrected chi connectivity index (χ3v) is 7.40. The Hall–Kier alpha value is 0.130. The van der Waals surface area contributed by atoms with E-state index in [1.807, 2.05) is 23.5 Å². The molecule has 0 aromatic heterocycles. The summed E-state index contributed by atoms with van der Waals surface area (Å²) in [6, 6.07) is 0.340. The number of thioether (sulfide) groups is 2. The molecule has 0 spiro atoms. The number of nitrogens with two attached hydrogens (primary N) is 1. The molecule has 0 radical (unpaired) electrons. The standard InChI is InChI=1S/C13H22N2OS2/c14-12-2-1-9-6-15(7-11(9)12)13(16)5-10-8-17-3-4-18-10/h9-12H,1-8,14H2. The van der Waals surface area contributed by atoms with E-state index >= 15 is 0 Å². The molecule has 3 rings (SSSR count). The van der Waals surface area contributed by atoms with E-state index in [2.05, 4.69) is 4.90 Å². The van der Waals surface area contributed by atoms with Gasteiger partial charge < -0.3 is 10.6 Å². The van der Waals surface area contributed by atoms with Crippen LogP contribution in [0.1, 0.15) is 19.3 Å². The molecule has 0 aromatic carbocycles. The van der Waals surface area contributed by atoms with Gasteiger partial charge in [-0.3, -0.25) is 4.79 Å². The largest absolute Gasteiger partial charge is 0.342 e. The van der Waals surface area contributed by atoms with Crippen molar-refractivity contribution in [2.45, 2.75) is 30.6 Å². The Morgan fingerprint density at radius 2 is 2.17 bits per heavy atom. The highest BCUT2D eigenvalue weighted by molar-refractivity contribution is 8.06. The summed E-state index contributed by atoms with van der Waals surface area (Å²) < 4.78 is 0. The molecule has 102 valence electrons. The number of hydrogen-bond donors (Lipinski definition) is 1. The molecule has 2 N–H and O–H groups in total. The zero-order valence-electron chi connectivity index (χ0n) is 10.7. The molecule has 0 aromatic rings. The Labute approximate surface area is 118 Å². The van der Waals surface area contributed by atoms with Crippen molar-refractivity contribution in [3.63, 3.8) is 0 Å². The lowest BCUT2D eigenvalue weighted by atomic mass is 9.98. The Balaban J connectivity index is 1.51. The van der Waals surface area contributed by atoms with Crippen LogP contribution in [0, 0.1) is 11.8 Å². The van der Waals surface area contributed by atoms with Gasteiger partial charge in [0.15, 0.2) is 0 Å².